The molecule has 0 amide bonds. The second kappa shape index (κ2) is 7.05. The molecular weight excluding hydrogens is 236 g/mol. The average Bonchev–Trinajstić information content (AvgIpc) is 2.27. The fraction of sp³-hybridized carbons (Fsp3) is 1.00. The number of rotatable bonds is 6. The fourth-order valence-electron chi connectivity index (χ4n) is 3.30. The molecule has 1 heterocycles. The minimum Gasteiger partial charge on any atom is -0.375 e. The molecule has 1 saturated heterocycles. The van der Waals surface area contributed by atoms with E-state index in [-0.39, 0.29) is 0 Å². The topological polar surface area (TPSA) is 24.5 Å². The summed E-state index contributed by atoms with van der Waals surface area (Å²) >= 11 is 0. The quantitative estimate of drug-likeness (QED) is 0.801. The third-order valence-corrected chi connectivity index (χ3v) is 4.21. The van der Waals surface area contributed by atoms with Gasteiger partial charge in [0.15, 0.2) is 0 Å². The first-order valence-electron chi connectivity index (χ1n) is 8.16. The number of nitrogens with zero attached hydrogens (tertiary/aromatic N) is 1. The van der Waals surface area contributed by atoms with Crippen LogP contribution in [0.1, 0.15) is 53.4 Å². The number of nitrogens with one attached hydrogen (secondary N) is 1. The van der Waals surface area contributed by atoms with E-state index in [9.17, 15) is 0 Å². The van der Waals surface area contributed by atoms with Gasteiger partial charge in [-0.25, -0.2) is 0 Å². The van der Waals surface area contributed by atoms with Gasteiger partial charge in [-0.2, -0.15) is 0 Å². The highest BCUT2D eigenvalue weighted by Crippen LogP contribution is 2.27. The first-order valence-corrected chi connectivity index (χ1v) is 8.16. The molecule has 2 fully saturated rings. The zero-order valence-corrected chi connectivity index (χ0v) is 13.2. The van der Waals surface area contributed by atoms with Gasteiger partial charge in [0, 0.05) is 31.7 Å². The van der Waals surface area contributed by atoms with Crippen LogP contribution in [0.2, 0.25) is 0 Å². The molecule has 0 aromatic heterocycles. The summed E-state index contributed by atoms with van der Waals surface area (Å²) in [6, 6.07) is 1.30. The Morgan fingerprint density at radius 1 is 1.05 bits per heavy atom. The van der Waals surface area contributed by atoms with E-state index in [4.69, 9.17) is 4.74 Å². The van der Waals surface area contributed by atoms with Crippen molar-refractivity contribution in [2.75, 3.05) is 19.6 Å². The monoisotopic (exact) mass is 268 g/mol. The molecule has 2 rings (SSSR count). The lowest BCUT2D eigenvalue weighted by Crippen LogP contribution is -2.50. The lowest BCUT2D eigenvalue weighted by molar-refractivity contribution is -0.0855. The Labute approximate surface area is 119 Å². The first-order chi connectivity index (χ1) is 9.02. The SMILES string of the molecule is CC(C)CN1CCC(O[C@H]2C[C@H](NC(C)C)C2)CC1. The summed E-state index contributed by atoms with van der Waals surface area (Å²) < 4.78 is 6.23. The van der Waals surface area contributed by atoms with Crippen molar-refractivity contribution < 1.29 is 4.74 Å². The van der Waals surface area contributed by atoms with Crippen LogP contribution in [-0.4, -0.2) is 48.8 Å². The second-order valence-electron chi connectivity index (χ2n) is 7.14. The number of ether oxygens (including phenoxy) is 1. The molecule has 0 radical (unpaired) electrons. The summed E-state index contributed by atoms with van der Waals surface area (Å²) in [6.45, 7) is 12.7. The minimum atomic E-state index is 0.522. The minimum absolute atomic E-state index is 0.522. The van der Waals surface area contributed by atoms with Crippen molar-refractivity contribution in [1.82, 2.24) is 10.2 Å². The van der Waals surface area contributed by atoms with E-state index in [1.165, 1.54) is 45.3 Å². The smallest absolute Gasteiger partial charge is 0.0608 e. The molecule has 0 aromatic rings. The average molecular weight is 268 g/mol. The Balaban J connectivity index is 1.57. The van der Waals surface area contributed by atoms with Crippen LogP contribution in [0.5, 0.6) is 0 Å². The van der Waals surface area contributed by atoms with Gasteiger partial charge in [-0.05, 0) is 31.6 Å². The van der Waals surface area contributed by atoms with Crippen molar-refractivity contribution in [3.63, 3.8) is 0 Å². The predicted molar refractivity (Wildman–Crippen MR) is 80.5 cm³/mol. The Kier molecular flexibility index (Phi) is 5.67. The van der Waals surface area contributed by atoms with E-state index in [1.54, 1.807) is 0 Å². The van der Waals surface area contributed by atoms with Crippen molar-refractivity contribution in [3.05, 3.63) is 0 Å². The molecule has 3 nitrogen and oxygen atoms in total. The molecule has 3 heteroatoms. The van der Waals surface area contributed by atoms with E-state index in [0.29, 0.717) is 24.3 Å². The van der Waals surface area contributed by atoms with Gasteiger partial charge < -0.3 is 15.0 Å². The van der Waals surface area contributed by atoms with Gasteiger partial charge >= 0.3 is 0 Å². The van der Waals surface area contributed by atoms with Crippen LogP contribution >= 0.6 is 0 Å². The second-order valence-corrected chi connectivity index (χ2v) is 7.14. The fourth-order valence-corrected chi connectivity index (χ4v) is 3.30. The zero-order chi connectivity index (χ0) is 13.8. The maximum absolute atomic E-state index is 6.23. The Morgan fingerprint density at radius 3 is 2.21 bits per heavy atom. The molecule has 1 N–H and O–H groups in total. The van der Waals surface area contributed by atoms with E-state index in [2.05, 4.69) is 37.9 Å². The molecule has 0 aromatic carbocycles. The number of hydrogen-bond donors (Lipinski definition) is 1. The summed E-state index contributed by atoms with van der Waals surface area (Å²) in [5.74, 6) is 0.784. The Bertz CT molecular complexity index is 253. The molecular formula is C16H32N2O. The normalized spacial score (nSPS) is 30.0. The molecule has 19 heavy (non-hydrogen) atoms. The van der Waals surface area contributed by atoms with Gasteiger partial charge in [-0.3, -0.25) is 0 Å². The maximum Gasteiger partial charge on any atom is 0.0608 e. The van der Waals surface area contributed by atoms with E-state index >= 15 is 0 Å². The van der Waals surface area contributed by atoms with Crippen molar-refractivity contribution in [2.45, 2.75) is 77.7 Å². The van der Waals surface area contributed by atoms with Crippen molar-refractivity contribution in [3.8, 4) is 0 Å². The zero-order valence-electron chi connectivity index (χ0n) is 13.2. The molecule has 0 unspecified atom stereocenters. The predicted octanol–water partition coefficient (Wildman–Crippen LogP) is 2.65. The molecule has 0 spiro atoms. The van der Waals surface area contributed by atoms with Gasteiger partial charge in [-0.15, -0.1) is 0 Å². The van der Waals surface area contributed by atoms with E-state index in [0.717, 1.165) is 5.92 Å². The molecule has 1 aliphatic heterocycles. The van der Waals surface area contributed by atoms with Gasteiger partial charge in [0.05, 0.1) is 12.2 Å². The van der Waals surface area contributed by atoms with Gasteiger partial charge in [-0.1, -0.05) is 27.7 Å². The Hall–Kier alpha value is -0.120. The highest BCUT2D eigenvalue weighted by atomic mass is 16.5. The largest absolute Gasteiger partial charge is 0.375 e. The summed E-state index contributed by atoms with van der Waals surface area (Å²) in [5.41, 5.74) is 0. The summed E-state index contributed by atoms with van der Waals surface area (Å²) in [4.78, 5) is 2.59. The maximum atomic E-state index is 6.23. The van der Waals surface area contributed by atoms with Gasteiger partial charge in [0.1, 0.15) is 0 Å². The van der Waals surface area contributed by atoms with Crippen LogP contribution in [0.25, 0.3) is 0 Å². The van der Waals surface area contributed by atoms with E-state index in [1.807, 2.05) is 0 Å². The first kappa shape index (κ1) is 15.3. The molecule has 1 saturated carbocycles. The third kappa shape index (κ3) is 5.05. The third-order valence-electron chi connectivity index (χ3n) is 4.21. The van der Waals surface area contributed by atoms with Crippen LogP contribution in [0.15, 0.2) is 0 Å². The lowest BCUT2D eigenvalue weighted by atomic mass is 9.88. The van der Waals surface area contributed by atoms with Crippen LogP contribution in [0.3, 0.4) is 0 Å². The van der Waals surface area contributed by atoms with Crippen LogP contribution < -0.4 is 5.32 Å². The molecule has 112 valence electrons. The van der Waals surface area contributed by atoms with Crippen molar-refractivity contribution in [1.29, 1.82) is 0 Å². The van der Waals surface area contributed by atoms with Crippen molar-refractivity contribution in [2.24, 2.45) is 5.92 Å². The molecule has 0 bridgehead atoms. The van der Waals surface area contributed by atoms with Crippen LogP contribution in [0.4, 0.5) is 0 Å². The standard InChI is InChI=1S/C16H32N2O/c1-12(2)11-18-7-5-15(6-8-18)19-16-9-14(10-16)17-13(3)4/h12-17H,5-11H2,1-4H3/t14-,16-. The summed E-state index contributed by atoms with van der Waals surface area (Å²) in [7, 11) is 0. The molecule has 0 atom stereocenters. The van der Waals surface area contributed by atoms with Crippen LogP contribution in [-0.2, 0) is 4.74 Å². The number of hydrogen-bond acceptors (Lipinski definition) is 3. The summed E-state index contributed by atoms with van der Waals surface area (Å²) in [5, 5.41) is 3.59. The summed E-state index contributed by atoms with van der Waals surface area (Å²) in [6.07, 6.45) is 5.93. The molecule has 2 aliphatic rings. The van der Waals surface area contributed by atoms with Crippen molar-refractivity contribution >= 4 is 0 Å². The number of piperidine rings is 1. The van der Waals surface area contributed by atoms with Crippen LogP contribution in [0, 0.1) is 5.92 Å². The number of likely N-dealkylation sites (tertiary alicyclic amines) is 1. The van der Waals surface area contributed by atoms with E-state index < -0.39 is 0 Å². The lowest BCUT2D eigenvalue weighted by Gasteiger charge is -2.41. The Morgan fingerprint density at radius 2 is 1.68 bits per heavy atom. The highest BCUT2D eigenvalue weighted by molar-refractivity contribution is 4.88. The van der Waals surface area contributed by atoms with Gasteiger partial charge in [0.2, 0.25) is 0 Å². The highest BCUT2D eigenvalue weighted by Gasteiger charge is 2.32. The molecule has 1 aliphatic carbocycles. The van der Waals surface area contributed by atoms with Gasteiger partial charge in [0.25, 0.3) is 0 Å².